The Labute approximate surface area is 99.0 Å². The lowest BCUT2D eigenvalue weighted by molar-refractivity contribution is 0.368. The van der Waals surface area contributed by atoms with E-state index in [2.05, 4.69) is 5.32 Å². The molecular weight excluding hydrogens is 227 g/mol. The van der Waals surface area contributed by atoms with Gasteiger partial charge < -0.3 is 5.32 Å². The van der Waals surface area contributed by atoms with Crippen LogP contribution < -0.4 is 5.32 Å². The zero-order chi connectivity index (χ0) is 12.4. The molecule has 1 N–H and O–H groups in total. The van der Waals surface area contributed by atoms with Crippen LogP contribution in [0.3, 0.4) is 0 Å². The molecule has 17 heavy (non-hydrogen) atoms. The van der Waals surface area contributed by atoms with E-state index in [4.69, 9.17) is 0 Å². The summed E-state index contributed by atoms with van der Waals surface area (Å²) in [5.41, 5.74) is 0.515. The maximum Gasteiger partial charge on any atom is 0.162 e. The SMILES string of the molecule is CC(F)c1cc(F)c(F)c(C2CCCNC2)c1. The summed E-state index contributed by atoms with van der Waals surface area (Å²) in [5.74, 6) is -1.84. The minimum atomic E-state index is -1.28. The number of alkyl halides is 1. The van der Waals surface area contributed by atoms with Crippen molar-refractivity contribution in [3.8, 4) is 0 Å². The maximum atomic E-state index is 13.7. The van der Waals surface area contributed by atoms with Gasteiger partial charge in [-0.25, -0.2) is 13.2 Å². The summed E-state index contributed by atoms with van der Waals surface area (Å²) in [7, 11) is 0. The topological polar surface area (TPSA) is 12.0 Å². The summed E-state index contributed by atoms with van der Waals surface area (Å²) in [6.45, 7) is 2.86. The van der Waals surface area contributed by atoms with E-state index in [9.17, 15) is 13.2 Å². The van der Waals surface area contributed by atoms with Gasteiger partial charge in [-0.1, -0.05) is 0 Å². The van der Waals surface area contributed by atoms with Gasteiger partial charge in [0.25, 0.3) is 0 Å². The molecule has 0 aliphatic carbocycles. The van der Waals surface area contributed by atoms with E-state index in [1.807, 2.05) is 0 Å². The van der Waals surface area contributed by atoms with Crippen LogP contribution in [0.4, 0.5) is 13.2 Å². The molecule has 2 rings (SSSR count). The van der Waals surface area contributed by atoms with Gasteiger partial charge in [0, 0.05) is 6.54 Å². The van der Waals surface area contributed by atoms with Gasteiger partial charge in [0.05, 0.1) is 0 Å². The summed E-state index contributed by atoms with van der Waals surface area (Å²) in [5, 5.41) is 3.15. The molecule has 0 bridgehead atoms. The van der Waals surface area contributed by atoms with E-state index in [1.165, 1.54) is 13.0 Å². The van der Waals surface area contributed by atoms with Crippen molar-refractivity contribution in [2.45, 2.75) is 31.9 Å². The van der Waals surface area contributed by atoms with Crippen molar-refractivity contribution < 1.29 is 13.2 Å². The van der Waals surface area contributed by atoms with Gasteiger partial charge in [-0.05, 0) is 55.5 Å². The number of rotatable bonds is 2. The Morgan fingerprint density at radius 3 is 2.71 bits per heavy atom. The Bertz CT molecular complexity index is 398. The maximum absolute atomic E-state index is 13.7. The largest absolute Gasteiger partial charge is 0.316 e. The molecule has 94 valence electrons. The number of hydrogen-bond donors (Lipinski definition) is 1. The van der Waals surface area contributed by atoms with E-state index in [0.29, 0.717) is 12.1 Å². The third kappa shape index (κ3) is 2.63. The first-order valence-corrected chi connectivity index (χ1v) is 5.93. The van der Waals surface area contributed by atoms with Crippen molar-refractivity contribution in [2.75, 3.05) is 13.1 Å². The lowest BCUT2D eigenvalue weighted by atomic mass is 9.89. The molecule has 1 aromatic carbocycles. The normalized spacial score (nSPS) is 22.5. The third-order valence-electron chi connectivity index (χ3n) is 3.27. The molecule has 0 spiro atoms. The number of benzene rings is 1. The van der Waals surface area contributed by atoms with Crippen LogP contribution in [0.15, 0.2) is 12.1 Å². The second-order valence-electron chi connectivity index (χ2n) is 4.57. The molecule has 0 amide bonds. The van der Waals surface area contributed by atoms with Crippen LogP contribution in [-0.4, -0.2) is 13.1 Å². The van der Waals surface area contributed by atoms with Crippen LogP contribution in [0, 0.1) is 11.6 Å². The third-order valence-corrected chi connectivity index (χ3v) is 3.27. The quantitative estimate of drug-likeness (QED) is 0.838. The van der Waals surface area contributed by atoms with Crippen LogP contribution in [0.25, 0.3) is 0 Å². The standard InChI is InChI=1S/C13H16F3N/c1-8(14)10-5-11(13(16)12(15)6-10)9-3-2-4-17-7-9/h5-6,8-9,17H,2-4,7H2,1H3. The van der Waals surface area contributed by atoms with Crippen LogP contribution in [0.2, 0.25) is 0 Å². The monoisotopic (exact) mass is 243 g/mol. The number of piperidine rings is 1. The minimum Gasteiger partial charge on any atom is -0.316 e. The predicted octanol–water partition coefficient (Wildman–Crippen LogP) is 3.46. The second-order valence-corrected chi connectivity index (χ2v) is 4.57. The van der Waals surface area contributed by atoms with Crippen molar-refractivity contribution in [1.29, 1.82) is 0 Å². The first-order chi connectivity index (χ1) is 8.09. The molecule has 1 aromatic rings. The van der Waals surface area contributed by atoms with Crippen LogP contribution in [0.1, 0.15) is 43.0 Å². The van der Waals surface area contributed by atoms with Gasteiger partial charge in [-0.15, -0.1) is 0 Å². The predicted molar refractivity (Wildman–Crippen MR) is 60.7 cm³/mol. The first-order valence-electron chi connectivity index (χ1n) is 5.93. The van der Waals surface area contributed by atoms with Crippen molar-refractivity contribution in [2.24, 2.45) is 0 Å². The van der Waals surface area contributed by atoms with Crippen molar-refractivity contribution in [1.82, 2.24) is 5.32 Å². The van der Waals surface area contributed by atoms with Crippen LogP contribution in [0.5, 0.6) is 0 Å². The smallest absolute Gasteiger partial charge is 0.162 e. The van der Waals surface area contributed by atoms with Gasteiger partial charge in [0.15, 0.2) is 11.6 Å². The molecule has 0 saturated carbocycles. The van der Waals surface area contributed by atoms with Gasteiger partial charge >= 0.3 is 0 Å². The fraction of sp³-hybridized carbons (Fsp3) is 0.538. The summed E-state index contributed by atoms with van der Waals surface area (Å²) in [6.07, 6.45) is 0.467. The highest BCUT2D eigenvalue weighted by atomic mass is 19.2. The van der Waals surface area contributed by atoms with E-state index in [0.717, 1.165) is 25.5 Å². The molecule has 1 saturated heterocycles. The van der Waals surface area contributed by atoms with Crippen LogP contribution in [-0.2, 0) is 0 Å². The summed E-state index contributed by atoms with van der Waals surface area (Å²) in [4.78, 5) is 0. The zero-order valence-electron chi connectivity index (χ0n) is 9.77. The van der Waals surface area contributed by atoms with E-state index in [1.54, 1.807) is 0 Å². The Kier molecular flexibility index (Phi) is 3.72. The molecule has 0 radical (unpaired) electrons. The van der Waals surface area contributed by atoms with Crippen LogP contribution >= 0.6 is 0 Å². The Morgan fingerprint density at radius 2 is 2.12 bits per heavy atom. The molecule has 1 aliphatic heterocycles. The van der Waals surface area contributed by atoms with Crippen molar-refractivity contribution >= 4 is 0 Å². The van der Waals surface area contributed by atoms with E-state index < -0.39 is 17.8 Å². The number of nitrogens with one attached hydrogen (secondary N) is 1. The molecule has 1 nitrogen and oxygen atoms in total. The lowest BCUT2D eigenvalue weighted by Crippen LogP contribution is -2.29. The molecule has 4 heteroatoms. The van der Waals surface area contributed by atoms with Gasteiger partial charge in [-0.2, -0.15) is 0 Å². The highest BCUT2D eigenvalue weighted by molar-refractivity contribution is 5.31. The van der Waals surface area contributed by atoms with Crippen molar-refractivity contribution in [3.63, 3.8) is 0 Å². The summed E-state index contributed by atoms with van der Waals surface area (Å²) in [6, 6.07) is 2.40. The molecule has 1 heterocycles. The Hall–Kier alpha value is -1.03. The van der Waals surface area contributed by atoms with Gasteiger partial charge in [0.1, 0.15) is 6.17 Å². The summed E-state index contributed by atoms with van der Waals surface area (Å²) < 4.78 is 40.3. The number of hydrogen-bond acceptors (Lipinski definition) is 1. The van der Waals surface area contributed by atoms with Gasteiger partial charge in [-0.3, -0.25) is 0 Å². The van der Waals surface area contributed by atoms with Crippen molar-refractivity contribution in [3.05, 3.63) is 34.9 Å². The molecule has 0 aromatic heterocycles. The second kappa shape index (κ2) is 5.08. The molecular formula is C13H16F3N. The Balaban J connectivity index is 2.36. The molecule has 1 fully saturated rings. The van der Waals surface area contributed by atoms with E-state index >= 15 is 0 Å². The lowest BCUT2D eigenvalue weighted by Gasteiger charge is -2.24. The fourth-order valence-electron chi connectivity index (χ4n) is 2.28. The highest BCUT2D eigenvalue weighted by Gasteiger charge is 2.22. The first kappa shape index (κ1) is 12.4. The molecule has 2 unspecified atom stereocenters. The molecule has 2 atom stereocenters. The Morgan fingerprint density at radius 1 is 1.35 bits per heavy atom. The average Bonchev–Trinajstić information content (AvgIpc) is 2.33. The van der Waals surface area contributed by atoms with Gasteiger partial charge in [0.2, 0.25) is 0 Å². The minimum absolute atomic E-state index is 0.0584. The average molecular weight is 243 g/mol. The fourth-order valence-corrected chi connectivity index (χ4v) is 2.28. The zero-order valence-corrected chi connectivity index (χ0v) is 9.77. The van der Waals surface area contributed by atoms with E-state index in [-0.39, 0.29) is 11.5 Å². The summed E-state index contributed by atoms with van der Waals surface area (Å²) >= 11 is 0. The highest BCUT2D eigenvalue weighted by Crippen LogP contribution is 2.30. The molecule has 1 aliphatic rings. The number of halogens is 3.